The van der Waals surface area contributed by atoms with Crippen molar-refractivity contribution in [3.8, 4) is 45.3 Å². The minimum Gasteiger partial charge on any atom is -0.208 e. The van der Waals surface area contributed by atoms with Gasteiger partial charge >= 0.3 is 0 Å². The Morgan fingerprint density at radius 2 is 0.706 bits per heavy atom. The third-order valence-electron chi connectivity index (χ3n) is 5.90. The van der Waals surface area contributed by atoms with Gasteiger partial charge in [-0.25, -0.2) is 15.0 Å². The minimum atomic E-state index is 0.666. The van der Waals surface area contributed by atoms with Crippen LogP contribution in [0, 0.1) is 0 Å². The molecule has 6 rings (SSSR count). The van der Waals surface area contributed by atoms with Crippen molar-refractivity contribution in [2.45, 2.75) is 0 Å². The number of benzene rings is 5. The van der Waals surface area contributed by atoms with E-state index in [0.717, 1.165) is 22.1 Å². The van der Waals surface area contributed by atoms with Gasteiger partial charge < -0.3 is 0 Å². The second-order valence-electron chi connectivity index (χ2n) is 8.18. The Balaban J connectivity index is 1.51. The summed E-state index contributed by atoms with van der Waals surface area (Å²) in [5, 5.41) is 2.34. The fraction of sp³-hybridized carbons (Fsp3) is 0. The van der Waals surface area contributed by atoms with E-state index >= 15 is 0 Å². The van der Waals surface area contributed by atoms with Gasteiger partial charge in [0.1, 0.15) is 0 Å². The van der Waals surface area contributed by atoms with E-state index in [1.807, 2.05) is 66.7 Å². The van der Waals surface area contributed by atoms with Crippen LogP contribution in [0.5, 0.6) is 0 Å². The summed E-state index contributed by atoms with van der Waals surface area (Å²) in [7, 11) is 0. The number of rotatable bonds is 4. The van der Waals surface area contributed by atoms with Crippen molar-refractivity contribution in [2.24, 2.45) is 0 Å². The van der Waals surface area contributed by atoms with Gasteiger partial charge in [-0.3, -0.25) is 0 Å². The maximum Gasteiger partial charge on any atom is 0.164 e. The molecular weight excluding hydrogens is 414 g/mol. The van der Waals surface area contributed by atoms with Crippen molar-refractivity contribution < 1.29 is 0 Å². The molecule has 5 aromatic carbocycles. The quantitative estimate of drug-likeness (QED) is 0.285. The molecule has 0 aliphatic rings. The minimum absolute atomic E-state index is 0.666. The van der Waals surface area contributed by atoms with Crippen molar-refractivity contribution in [3.05, 3.63) is 127 Å². The lowest BCUT2D eigenvalue weighted by Gasteiger charge is -2.10. The largest absolute Gasteiger partial charge is 0.208 e. The van der Waals surface area contributed by atoms with Crippen LogP contribution in [-0.4, -0.2) is 15.0 Å². The van der Waals surface area contributed by atoms with E-state index in [4.69, 9.17) is 15.0 Å². The van der Waals surface area contributed by atoms with Crippen LogP contribution < -0.4 is 0 Å². The Morgan fingerprint density at radius 1 is 0.294 bits per heavy atom. The summed E-state index contributed by atoms with van der Waals surface area (Å²) in [6.07, 6.45) is 0. The molecule has 1 heterocycles. The van der Waals surface area contributed by atoms with Gasteiger partial charge in [-0.15, -0.1) is 0 Å². The summed E-state index contributed by atoms with van der Waals surface area (Å²) in [5.74, 6) is 2.00. The predicted molar refractivity (Wildman–Crippen MR) is 139 cm³/mol. The highest BCUT2D eigenvalue weighted by Gasteiger charge is 2.12. The molecule has 0 fully saturated rings. The van der Waals surface area contributed by atoms with E-state index in [1.165, 1.54) is 16.5 Å². The highest BCUT2D eigenvalue weighted by atomic mass is 15.0. The lowest BCUT2D eigenvalue weighted by molar-refractivity contribution is 1.07. The van der Waals surface area contributed by atoms with Crippen LogP contribution in [0.4, 0.5) is 0 Å². The maximum absolute atomic E-state index is 4.86. The summed E-state index contributed by atoms with van der Waals surface area (Å²) >= 11 is 0. The number of hydrogen-bond acceptors (Lipinski definition) is 3. The van der Waals surface area contributed by atoms with Crippen molar-refractivity contribution in [1.29, 1.82) is 0 Å². The molecule has 0 spiro atoms. The van der Waals surface area contributed by atoms with Gasteiger partial charge in [0.05, 0.1) is 0 Å². The summed E-state index contributed by atoms with van der Waals surface area (Å²) in [6, 6.07) is 43.5. The highest BCUT2D eigenvalue weighted by molar-refractivity contribution is 5.90. The zero-order valence-electron chi connectivity index (χ0n) is 18.5. The second kappa shape index (κ2) is 8.72. The third-order valence-corrected chi connectivity index (χ3v) is 5.90. The molecule has 0 radical (unpaired) electrons. The van der Waals surface area contributed by atoms with Crippen molar-refractivity contribution in [3.63, 3.8) is 0 Å². The lowest BCUT2D eigenvalue weighted by atomic mass is 10.00. The van der Waals surface area contributed by atoms with Crippen molar-refractivity contribution >= 4 is 10.8 Å². The molecule has 0 amide bonds. The van der Waals surface area contributed by atoms with Gasteiger partial charge in [0.2, 0.25) is 0 Å². The summed E-state index contributed by atoms with van der Waals surface area (Å²) in [4.78, 5) is 14.5. The van der Waals surface area contributed by atoms with Crippen LogP contribution in [-0.2, 0) is 0 Å². The molecule has 0 N–H and O–H groups in total. The van der Waals surface area contributed by atoms with Crippen LogP contribution in [0.15, 0.2) is 127 Å². The van der Waals surface area contributed by atoms with Crippen LogP contribution in [0.1, 0.15) is 0 Å². The topological polar surface area (TPSA) is 38.7 Å². The average Bonchev–Trinajstić information content (AvgIpc) is 2.93. The molecule has 1 aromatic heterocycles. The third kappa shape index (κ3) is 3.96. The van der Waals surface area contributed by atoms with E-state index in [-0.39, 0.29) is 0 Å². The molecule has 0 bridgehead atoms. The zero-order valence-corrected chi connectivity index (χ0v) is 18.5. The van der Waals surface area contributed by atoms with Gasteiger partial charge in [0, 0.05) is 16.7 Å². The van der Waals surface area contributed by atoms with E-state index in [9.17, 15) is 0 Å². The van der Waals surface area contributed by atoms with Crippen LogP contribution >= 0.6 is 0 Å². The van der Waals surface area contributed by atoms with Crippen molar-refractivity contribution in [2.75, 3.05) is 0 Å². The Bertz CT molecular complexity index is 1520. The van der Waals surface area contributed by atoms with Gasteiger partial charge in [-0.1, -0.05) is 115 Å². The van der Waals surface area contributed by atoms with Crippen LogP contribution in [0.25, 0.3) is 56.1 Å². The second-order valence-corrected chi connectivity index (χ2v) is 8.18. The predicted octanol–water partition coefficient (Wildman–Crippen LogP) is 7.69. The fourth-order valence-corrected chi connectivity index (χ4v) is 4.13. The Morgan fingerprint density at radius 3 is 1.24 bits per heavy atom. The molecule has 0 aliphatic heterocycles. The summed E-state index contributed by atoms with van der Waals surface area (Å²) < 4.78 is 0. The first-order valence-corrected chi connectivity index (χ1v) is 11.3. The molecule has 34 heavy (non-hydrogen) atoms. The molecule has 0 saturated heterocycles. The number of aromatic nitrogens is 3. The van der Waals surface area contributed by atoms with Crippen LogP contribution in [0.2, 0.25) is 0 Å². The van der Waals surface area contributed by atoms with Crippen molar-refractivity contribution in [1.82, 2.24) is 15.0 Å². The Kier molecular flexibility index (Phi) is 5.13. The molecule has 0 unspecified atom stereocenters. The summed E-state index contributed by atoms with van der Waals surface area (Å²) in [6.45, 7) is 0. The summed E-state index contributed by atoms with van der Waals surface area (Å²) in [5.41, 5.74) is 5.30. The Hall–Kier alpha value is -4.63. The van der Waals surface area contributed by atoms with Gasteiger partial charge in [0.15, 0.2) is 17.5 Å². The average molecular weight is 436 g/mol. The fourth-order valence-electron chi connectivity index (χ4n) is 4.13. The molecule has 6 aromatic rings. The first-order chi connectivity index (χ1) is 16.8. The molecule has 0 atom stereocenters. The number of nitrogens with zero attached hydrogens (tertiary/aromatic N) is 3. The molecular formula is C31H21N3. The number of fused-ring (bicyclic) bond motifs is 1. The van der Waals surface area contributed by atoms with E-state index in [0.29, 0.717) is 17.5 Å². The molecule has 3 nitrogen and oxygen atoms in total. The normalized spacial score (nSPS) is 10.9. The van der Waals surface area contributed by atoms with Gasteiger partial charge in [0.25, 0.3) is 0 Å². The van der Waals surface area contributed by atoms with Gasteiger partial charge in [-0.05, 0) is 34.0 Å². The monoisotopic (exact) mass is 435 g/mol. The van der Waals surface area contributed by atoms with E-state index < -0.39 is 0 Å². The van der Waals surface area contributed by atoms with E-state index in [2.05, 4.69) is 60.7 Å². The molecule has 160 valence electrons. The Labute approximate surface area is 198 Å². The lowest BCUT2D eigenvalue weighted by Crippen LogP contribution is -2.00. The standard InChI is InChI=1S/C31H21N3/c1-4-10-22(11-5-1)26-18-16-23-17-19-27(21-28(23)20-26)31-33-29(24-12-6-2-7-13-24)32-30(34-31)25-14-8-3-9-15-25/h1-21H. The molecule has 0 aliphatic carbocycles. The SMILES string of the molecule is c1ccc(-c2ccc3ccc(-c4nc(-c5ccccc5)nc(-c5ccccc5)n4)cc3c2)cc1. The van der Waals surface area contributed by atoms with Gasteiger partial charge in [-0.2, -0.15) is 0 Å². The molecule has 3 heteroatoms. The molecule has 0 saturated carbocycles. The smallest absolute Gasteiger partial charge is 0.164 e. The number of hydrogen-bond donors (Lipinski definition) is 0. The highest BCUT2D eigenvalue weighted by Crippen LogP contribution is 2.29. The maximum atomic E-state index is 4.86. The van der Waals surface area contributed by atoms with Crippen LogP contribution in [0.3, 0.4) is 0 Å². The van der Waals surface area contributed by atoms with E-state index in [1.54, 1.807) is 0 Å². The zero-order chi connectivity index (χ0) is 22.7. The first-order valence-electron chi connectivity index (χ1n) is 11.3. The first kappa shape index (κ1) is 20.0.